The summed E-state index contributed by atoms with van der Waals surface area (Å²) >= 11 is 7.46. The lowest BCUT2D eigenvalue weighted by atomic mass is 10.1. The topological polar surface area (TPSA) is 96.2 Å². The maximum absolute atomic E-state index is 6.07. The van der Waals surface area contributed by atoms with Gasteiger partial charge in [0.15, 0.2) is 5.82 Å². The van der Waals surface area contributed by atoms with Gasteiger partial charge in [0, 0.05) is 37.8 Å². The van der Waals surface area contributed by atoms with Crippen molar-refractivity contribution in [2.24, 2.45) is 0 Å². The lowest BCUT2D eigenvalue weighted by Gasteiger charge is -2.24. The van der Waals surface area contributed by atoms with Crippen molar-refractivity contribution in [1.29, 1.82) is 0 Å². The first-order chi connectivity index (χ1) is 14.9. The Morgan fingerprint density at radius 3 is 2.45 bits per heavy atom. The molecule has 11 heteroatoms. The molecule has 4 atom stereocenters. The van der Waals surface area contributed by atoms with Crippen LogP contribution in [0.1, 0.15) is 63.3 Å². The predicted molar refractivity (Wildman–Crippen MR) is 121 cm³/mol. The Labute approximate surface area is 192 Å². The molecule has 0 saturated carbocycles. The van der Waals surface area contributed by atoms with E-state index in [-0.39, 0.29) is 29.4 Å². The van der Waals surface area contributed by atoms with Crippen LogP contribution in [0, 0.1) is 0 Å². The molecule has 0 radical (unpaired) electrons. The summed E-state index contributed by atoms with van der Waals surface area (Å²) in [7, 11) is 3.36. The second kappa shape index (κ2) is 11.4. The largest absolute Gasteiger partial charge is 0.382 e. The smallest absolute Gasteiger partial charge is 0.235 e. The molecule has 1 fully saturated rings. The zero-order valence-electron chi connectivity index (χ0n) is 18.6. The summed E-state index contributed by atoms with van der Waals surface area (Å²) in [4.78, 5) is 8.69. The first-order valence-corrected chi connectivity index (χ1v) is 11.7. The number of nitrogens with one attached hydrogen (secondary N) is 1. The van der Waals surface area contributed by atoms with Crippen LogP contribution in [0.25, 0.3) is 0 Å². The van der Waals surface area contributed by atoms with Crippen LogP contribution in [-0.2, 0) is 14.2 Å². The van der Waals surface area contributed by atoms with Crippen LogP contribution in [-0.4, -0.2) is 63.5 Å². The van der Waals surface area contributed by atoms with E-state index in [1.807, 2.05) is 0 Å². The average Bonchev–Trinajstić information content (AvgIpc) is 3.37. The van der Waals surface area contributed by atoms with E-state index in [0.29, 0.717) is 24.2 Å². The van der Waals surface area contributed by atoms with Crippen LogP contribution < -0.4 is 4.72 Å². The second-order valence-electron chi connectivity index (χ2n) is 7.80. The fraction of sp³-hybridized carbons (Fsp3) is 0.700. The van der Waals surface area contributed by atoms with Gasteiger partial charge >= 0.3 is 0 Å². The quantitative estimate of drug-likeness (QED) is 0.488. The number of hydrogen-bond donors (Lipinski definition) is 1. The summed E-state index contributed by atoms with van der Waals surface area (Å²) in [5, 5.41) is 9.59. The molecule has 1 N–H and O–H groups in total. The van der Waals surface area contributed by atoms with Gasteiger partial charge in [-0.05, 0) is 31.7 Å². The van der Waals surface area contributed by atoms with Crippen LogP contribution in [0.3, 0.4) is 0 Å². The first kappa shape index (κ1) is 24.2. The third-order valence-corrected chi connectivity index (χ3v) is 6.69. The lowest BCUT2D eigenvalue weighted by Crippen LogP contribution is -2.24. The SMILES string of the molecule is COCC(COC)n1c(NSC(C)C(C)c2ncc(Cl)cn2)nnc1C1CCC(C)O1. The number of methoxy groups -OCH3 is 2. The van der Waals surface area contributed by atoms with E-state index in [1.165, 1.54) is 0 Å². The van der Waals surface area contributed by atoms with Crippen LogP contribution >= 0.6 is 23.5 Å². The number of rotatable bonds is 11. The van der Waals surface area contributed by atoms with Crippen LogP contribution in [0.15, 0.2) is 12.4 Å². The van der Waals surface area contributed by atoms with Crippen molar-refractivity contribution < 1.29 is 14.2 Å². The maximum atomic E-state index is 6.07. The van der Waals surface area contributed by atoms with E-state index in [4.69, 9.17) is 25.8 Å². The Morgan fingerprint density at radius 1 is 1.19 bits per heavy atom. The van der Waals surface area contributed by atoms with Crippen molar-refractivity contribution in [1.82, 2.24) is 24.7 Å². The highest BCUT2D eigenvalue weighted by atomic mass is 35.5. The van der Waals surface area contributed by atoms with Crippen molar-refractivity contribution in [2.45, 2.75) is 63.0 Å². The molecule has 172 valence electrons. The summed E-state index contributed by atoms with van der Waals surface area (Å²) in [5.74, 6) is 2.31. The minimum absolute atomic E-state index is 0.0741. The van der Waals surface area contributed by atoms with Gasteiger partial charge in [-0.2, -0.15) is 0 Å². The van der Waals surface area contributed by atoms with E-state index in [9.17, 15) is 0 Å². The van der Waals surface area contributed by atoms with Gasteiger partial charge in [-0.1, -0.05) is 25.4 Å². The van der Waals surface area contributed by atoms with Crippen molar-refractivity contribution in [2.75, 3.05) is 32.2 Å². The molecule has 2 aromatic rings. The Morgan fingerprint density at radius 2 is 1.87 bits per heavy atom. The molecule has 0 aliphatic carbocycles. The molecule has 0 spiro atoms. The van der Waals surface area contributed by atoms with Crippen molar-refractivity contribution in [3.05, 3.63) is 29.1 Å². The highest BCUT2D eigenvalue weighted by molar-refractivity contribution is 8.01. The molecule has 0 bridgehead atoms. The van der Waals surface area contributed by atoms with Crippen molar-refractivity contribution in [3.8, 4) is 0 Å². The van der Waals surface area contributed by atoms with Gasteiger partial charge < -0.3 is 14.2 Å². The third kappa shape index (κ3) is 6.07. The van der Waals surface area contributed by atoms with E-state index in [0.717, 1.165) is 24.5 Å². The van der Waals surface area contributed by atoms with E-state index < -0.39 is 0 Å². The molecule has 9 nitrogen and oxygen atoms in total. The summed E-state index contributed by atoms with van der Waals surface area (Å²) in [6, 6.07) is -0.0741. The van der Waals surface area contributed by atoms with Gasteiger partial charge in [0.05, 0.1) is 30.4 Å². The molecule has 3 rings (SSSR count). The molecular weight excluding hydrogens is 440 g/mol. The zero-order valence-corrected chi connectivity index (χ0v) is 20.2. The lowest BCUT2D eigenvalue weighted by molar-refractivity contribution is 0.0406. The van der Waals surface area contributed by atoms with Gasteiger partial charge in [-0.15, -0.1) is 10.2 Å². The number of ether oxygens (including phenoxy) is 3. The minimum Gasteiger partial charge on any atom is -0.382 e. The van der Waals surface area contributed by atoms with Crippen LogP contribution in [0.5, 0.6) is 0 Å². The summed E-state index contributed by atoms with van der Waals surface area (Å²) in [5.41, 5.74) is 0. The predicted octanol–water partition coefficient (Wildman–Crippen LogP) is 4.05. The summed E-state index contributed by atoms with van der Waals surface area (Å²) < 4.78 is 22.4. The van der Waals surface area contributed by atoms with Gasteiger partial charge in [0.1, 0.15) is 11.9 Å². The molecule has 1 aliphatic rings. The number of hydrogen-bond acceptors (Lipinski definition) is 9. The molecule has 4 unspecified atom stereocenters. The highest BCUT2D eigenvalue weighted by Gasteiger charge is 2.32. The average molecular weight is 471 g/mol. The number of nitrogens with zero attached hydrogens (tertiary/aromatic N) is 5. The normalized spacial score (nSPS) is 20.9. The van der Waals surface area contributed by atoms with Crippen LogP contribution in [0.4, 0.5) is 5.95 Å². The Kier molecular flexibility index (Phi) is 8.91. The fourth-order valence-electron chi connectivity index (χ4n) is 3.54. The second-order valence-corrected chi connectivity index (χ2v) is 9.42. The monoisotopic (exact) mass is 470 g/mol. The number of aromatic nitrogens is 5. The van der Waals surface area contributed by atoms with Crippen molar-refractivity contribution in [3.63, 3.8) is 0 Å². The van der Waals surface area contributed by atoms with Gasteiger partial charge in [0.2, 0.25) is 5.95 Å². The molecule has 3 heterocycles. The molecule has 31 heavy (non-hydrogen) atoms. The molecule has 0 amide bonds. The number of anilines is 1. The van der Waals surface area contributed by atoms with Gasteiger partial charge in [0.25, 0.3) is 0 Å². The standard InChI is InChI=1S/C20H31ClN6O3S/c1-12-6-7-17(30-12)19-24-25-20(27(19)16(10-28-4)11-29-5)26-31-14(3)13(2)18-22-8-15(21)9-23-18/h8-9,12-14,16-17H,6-7,10-11H2,1-5H3,(H,25,26). The molecule has 0 aromatic carbocycles. The first-order valence-electron chi connectivity index (χ1n) is 10.4. The van der Waals surface area contributed by atoms with Crippen LogP contribution in [0.2, 0.25) is 5.02 Å². The fourth-order valence-corrected chi connectivity index (χ4v) is 4.40. The third-order valence-electron chi connectivity index (χ3n) is 5.41. The molecule has 2 aromatic heterocycles. The highest BCUT2D eigenvalue weighted by Crippen LogP contribution is 2.35. The minimum atomic E-state index is -0.0851. The Hall–Kier alpha value is -1.46. The van der Waals surface area contributed by atoms with E-state index in [1.54, 1.807) is 38.6 Å². The van der Waals surface area contributed by atoms with Crippen molar-refractivity contribution >= 4 is 29.5 Å². The van der Waals surface area contributed by atoms with Gasteiger partial charge in [-0.3, -0.25) is 9.29 Å². The maximum Gasteiger partial charge on any atom is 0.235 e. The summed E-state index contributed by atoms with van der Waals surface area (Å²) in [6.45, 7) is 7.24. The molecule has 1 saturated heterocycles. The zero-order chi connectivity index (χ0) is 22.4. The molecule has 1 aliphatic heterocycles. The number of halogens is 1. The van der Waals surface area contributed by atoms with Gasteiger partial charge in [-0.25, -0.2) is 9.97 Å². The van der Waals surface area contributed by atoms with E-state index >= 15 is 0 Å². The molecular formula is C20H31ClN6O3S. The summed E-state index contributed by atoms with van der Waals surface area (Å²) in [6.07, 6.45) is 5.29. The Balaban J connectivity index is 1.77. The van der Waals surface area contributed by atoms with E-state index in [2.05, 4.69) is 50.2 Å². The Bertz CT molecular complexity index is 818.